The van der Waals surface area contributed by atoms with Gasteiger partial charge in [0, 0.05) is 0 Å². The molecule has 0 amide bonds. The van der Waals surface area contributed by atoms with Crippen LogP contribution in [0.5, 0.6) is 0 Å². The van der Waals surface area contributed by atoms with Gasteiger partial charge in [0.05, 0.1) is 12.2 Å². The Bertz CT molecular complexity index is 542. The van der Waals surface area contributed by atoms with Crippen molar-refractivity contribution in [2.75, 3.05) is 6.61 Å². The first-order valence-corrected chi connectivity index (χ1v) is 6.95. The summed E-state index contributed by atoms with van der Waals surface area (Å²) in [6.07, 6.45) is 3.17. The first-order valence-electron chi connectivity index (χ1n) is 6.95. The van der Waals surface area contributed by atoms with E-state index in [1.165, 1.54) is 12.8 Å². The average molecular weight is 256 g/mol. The van der Waals surface area contributed by atoms with Crippen LogP contribution in [0.15, 0.2) is 35.9 Å². The SMILES string of the molecule is O=C1O[C@@H]2C(=C1c1ccccc1)CCO[C@H]2C1CC1. The summed E-state index contributed by atoms with van der Waals surface area (Å²) in [5.74, 6) is 0.408. The monoisotopic (exact) mass is 256 g/mol. The normalized spacial score (nSPS) is 30.2. The lowest BCUT2D eigenvalue weighted by atomic mass is 9.91. The van der Waals surface area contributed by atoms with E-state index in [1.807, 2.05) is 30.3 Å². The molecule has 4 rings (SSSR count). The van der Waals surface area contributed by atoms with Gasteiger partial charge in [0.1, 0.15) is 6.10 Å². The van der Waals surface area contributed by atoms with Crippen LogP contribution in [-0.4, -0.2) is 24.8 Å². The largest absolute Gasteiger partial charge is 0.451 e. The molecule has 1 aliphatic carbocycles. The number of hydrogen-bond acceptors (Lipinski definition) is 3. The summed E-state index contributed by atoms with van der Waals surface area (Å²) in [5.41, 5.74) is 2.90. The minimum atomic E-state index is -0.178. The summed E-state index contributed by atoms with van der Waals surface area (Å²) >= 11 is 0. The molecule has 2 fully saturated rings. The van der Waals surface area contributed by atoms with Gasteiger partial charge in [-0.15, -0.1) is 0 Å². The Labute approximate surface area is 112 Å². The van der Waals surface area contributed by atoms with Gasteiger partial charge in [-0.05, 0) is 36.3 Å². The molecule has 3 nitrogen and oxygen atoms in total. The molecule has 0 radical (unpaired) electrons. The van der Waals surface area contributed by atoms with E-state index >= 15 is 0 Å². The quantitative estimate of drug-likeness (QED) is 0.763. The number of carbonyl (C=O) groups is 1. The summed E-state index contributed by atoms with van der Waals surface area (Å²) in [6.45, 7) is 0.708. The van der Waals surface area contributed by atoms with Crippen LogP contribution in [0.2, 0.25) is 0 Å². The Morgan fingerprint density at radius 2 is 1.89 bits per heavy atom. The predicted octanol–water partition coefficient (Wildman–Crippen LogP) is 2.56. The molecule has 98 valence electrons. The Morgan fingerprint density at radius 3 is 2.63 bits per heavy atom. The van der Waals surface area contributed by atoms with Crippen LogP contribution >= 0.6 is 0 Å². The summed E-state index contributed by atoms with van der Waals surface area (Å²) in [6, 6.07) is 9.84. The highest BCUT2D eigenvalue weighted by molar-refractivity contribution is 6.19. The Kier molecular flexibility index (Phi) is 2.49. The number of esters is 1. The Hall–Kier alpha value is -1.61. The lowest BCUT2D eigenvalue weighted by molar-refractivity contribution is -0.147. The molecule has 2 atom stereocenters. The van der Waals surface area contributed by atoms with Crippen molar-refractivity contribution in [1.29, 1.82) is 0 Å². The molecule has 0 bridgehead atoms. The van der Waals surface area contributed by atoms with Gasteiger partial charge in [-0.3, -0.25) is 0 Å². The Balaban J connectivity index is 1.76. The fraction of sp³-hybridized carbons (Fsp3) is 0.438. The molecule has 2 aliphatic heterocycles. The van der Waals surface area contributed by atoms with Crippen LogP contribution < -0.4 is 0 Å². The van der Waals surface area contributed by atoms with E-state index in [1.54, 1.807) is 0 Å². The maximum absolute atomic E-state index is 12.2. The molecule has 0 unspecified atom stereocenters. The van der Waals surface area contributed by atoms with Crippen LogP contribution in [0.1, 0.15) is 24.8 Å². The Morgan fingerprint density at radius 1 is 1.11 bits per heavy atom. The molecule has 1 aromatic rings. The second-order valence-electron chi connectivity index (χ2n) is 5.52. The van der Waals surface area contributed by atoms with E-state index in [4.69, 9.17) is 9.47 Å². The minimum Gasteiger partial charge on any atom is -0.451 e. The van der Waals surface area contributed by atoms with Gasteiger partial charge in [-0.1, -0.05) is 30.3 Å². The smallest absolute Gasteiger partial charge is 0.339 e. The lowest BCUT2D eigenvalue weighted by Gasteiger charge is -2.29. The van der Waals surface area contributed by atoms with Crippen LogP contribution in [0.4, 0.5) is 0 Å². The topological polar surface area (TPSA) is 35.5 Å². The number of benzene rings is 1. The molecule has 2 heterocycles. The molecule has 0 N–H and O–H groups in total. The zero-order valence-corrected chi connectivity index (χ0v) is 10.7. The molecular formula is C16H16O3. The molecule has 0 spiro atoms. The number of carbonyl (C=O) groups excluding carboxylic acids is 1. The fourth-order valence-corrected chi connectivity index (χ4v) is 3.16. The van der Waals surface area contributed by atoms with Crippen molar-refractivity contribution in [2.24, 2.45) is 5.92 Å². The van der Waals surface area contributed by atoms with Gasteiger partial charge < -0.3 is 9.47 Å². The predicted molar refractivity (Wildman–Crippen MR) is 70.3 cm³/mol. The third-order valence-electron chi connectivity index (χ3n) is 4.23. The minimum absolute atomic E-state index is 0.0916. The molecule has 1 aromatic carbocycles. The van der Waals surface area contributed by atoms with Gasteiger partial charge in [0.25, 0.3) is 0 Å². The maximum Gasteiger partial charge on any atom is 0.339 e. The summed E-state index contributed by atoms with van der Waals surface area (Å²) in [5, 5.41) is 0. The molecule has 19 heavy (non-hydrogen) atoms. The van der Waals surface area contributed by atoms with E-state index < -0.39 is 0 Å². The van der Waals surface area contributed by atoms with Gasteiger partial charge in [0.15, 0.2) is 6.10 Å². The average Bonchev–Trinajstić information content (AvgIpc) is 3.21. The second kappa shape index (κ2) is 4.20. The van der Waals surface area contributed by atoms with Crippen molar-refractivity contribution in [3.8, 4) is 0 Å². The van der Waals surface area contributed by atoms with E-state index in [2.05, 4.69) is 0 Å². The van der Waals surface area contributed by atoms with E-state index in [-0.39, 0.29) is 18.2 Å². The summed E-state index contributed by atoms with van der Waals surface area (Å²) in [7, 11) is 0. The zero-order valence-electron chi connectivity index (χ0n) is 10.7. The second-order valence-corrected chi connectivity index (χ2v) is 5.52. The number of ether oxygens (including phenoxy) is 2. The van der Waals surface area contributed by atoms with Crippen LogP contribution in [0.25, 0.3) is 5.57 Å². The molecular weight excluding hydrogens is 240 g/mol. The molecule has 3 heteroatoms. The summed E-state index contributed by atoms with van der Waals surface area (Å²) < 4.78 is 11.4. The van der Waals surface area contributed by atoms with E-state index in [0.717, 1.165) is 23.1 Å². The highest BCUT2D eigenvalue weighted by Gasteiger charge is 2.48. The number of hydrogen-bond donors (Lipinski definition) is 0. The van der Waals surface area contributed by atoms with Crippen molar-refractivity contribution in [3.63, 3.8) is 0 Å². The number of fused-ring (bicyclic) bond motifs is 1. The van der Waals surface area contributed by atoms with Crippen LogP contribution in [-0.2, 0) is 14.3 Å². The lowest BCUT2D eigenvalue weighted by Crippen LogP contribution is -2.37. The third-order valence-corrected chi connectivity index (χ3v) is 4.23. The van der Waals surface area contributed by atoms with E-state index in [9.17, 15) is 4.79 Å². The highest BCUT2D eigenvalue weighted by atomic mass is 16.6. The fourth-order valence-electron chi connectivity index (χ4n) is 3.16. The van der Waals surface area contributed by atoms with Gasteiger partial charge in [-0.25, -0.2) is 4.79 Å². The first kappa shape index (κ1) is 11.2. The molecule has 3 aliphatic rings. The zero-order chi connectivity index (χ0) is 12.8. The first-order chi connectivity index (χ1) is 9.34. The third kappa shape index (κ3) is 1.80. The van der Waals surface area contributed by atoms with Gasteiger partial charge in [0.2, 0.25) is 0 Å². The number of rotatable bonds is 2. The summed E-state index contributed by atoms with van der Waals surface area (Å²) in [4.78, 5) is 12.2. The van der Waals surface area contributed by atoms with Crippen molar-refractivity contribution >= 4 is 11.5 Å². The van der Waals surface area contributed by atoms with Crippen molar-refractivity contribution in [3.05, 3.63) is 41.5 Å². The molecule has 1 saturated carbocycles. The van der Waals surface area contributed by atoms with Gasteiger partial charge >= 0.3 is 5.97 Å². The van der Waals surface area contributed by atoms with Crippen LogP contribution in [0, 0.1) is 5.92 Å². The van der Waals surface area contributed by atoms with Crippen molar-refractivity contribution in [2.45, 2.75) is 31.5 Å². The maximum atomic E-state index is 12.2. The van der Waals surface area contributed by atoms with E-state index in [0.29, 0.717) is 12.5 Å². The highest BCUT2D eigenvalue weighted by Crippen LogP contribution is 2.45. The standard InChI is InChI=1S/C16H16O3/c17-16-13(10-4-2-1-3-5-10)12-8-9-18-14(11-6-7-11)15(12)19-16/h1-5,11,14-15H,6-9H2/t14-,15+/m0/s1. The molecule has 1 saturated heterocycles. The van der Waals surface area contributed by atoms with Crippen LogP contribution in [0.3, 0.4) is 0 Å². The van der Waals surface area contributed by atoms with Crippen molar-refractivity contribution in [1.82, 2.24) is 0 Å². The van der Waals surface area contributed by atoms with Crippen molar-refractivity contribution < 1.29 is 14.3 Å². The van der Waals surface area contributed by atoms with Gasteiger partial charge in [-0.2, -0.15) is 0 Å². The molecule has 0 aromatic heterocycles.